The van der Waals surface area contributed by atoms with E-state index in [0.29, 0.717) is 0 Å². The molecule has 1 unspecified atom stereocenters. The Labute approximate surface area is 75.6 Å². The van der Waals surface area contributed by atoms with Gasteiger partial charge in [0, 0.05) is 11.3 Å². The normalized spacial score (nSPS) is 20.1. The van der Waals surface area contributed by atoms with E-state index in [1.165, 1.54) is 0 Å². The van der Waals surface area contributed by atoms with Gasteiger partial charge in [0.25, 0.3) is 0 Å². The maximum Gasteiger partial charge on any atom is 0.319 e. The first-order valence-corrected chi connectivity index (χ1v) is 4.08. The van der Waals surface area contributed by atoms with Crippen LogP contribution in [-0.2, 0) is 0 Å². The number of hydrogen-bond acceptors (Lipinski definition) is 2. The first-order valence-electron chi connectivity index (χ1n) is 4.08. The number of hydrogen-bond donors (Lipinski definition) is 3. The van der Waals surface area contributed by atoms with Crippen molar-refractivity contribution < 1.29 is 9.90 Å². The van der Waals surface area contributed by atoms with Gasteiger partial charge in [0.15, 0.2) is 0 Å². The van der Waals surface area contributed by atoms with Gasteiger partial charge in [-0.2, -0.15) is 0 Å². The minimum absolute atomic E-state index is 0.0789. The molecule has 0 bridgehead atoms. The standard InChI is InChI=1S/C9H10N2O2/c12-5-8-6-3-1-2-4-7(6)10-9(13)11-8/h1-4,8,12H,5H2,(H2,10,11,13). The summed E-state index contributed by atoms with van der Waals surface area (Å²) in [7, 11) is 0. The summed E-state index contributed by atoms with van der Waals surface area (Å²) in [6.45, 7) is -0.0789. The van der Waals surface area contributed by atoms with Crippen LogP contribution in [0, 0.1) is 0 Å². The molecule has 2 amide bonds. The molecule has 1 heterocycles. The van der Waals surface area contributed by atoms with Crippen molar-refractivity contribution in [3.8, 4) is 0 Å². The Morgan fingerprint density at radius 3 is 2.92 bits per heavy atom. The Kier molecular flexibility index (Phi) is 1.90. The van der Waals surface area contributed by atoms with Crippen LogP contribution in [0.25, 0.3) is 0 Å². The quantitative estimate of drug-likeness (QED) is 0.597. The van der Waals surface area contributed by atoms with Crippen molar-refractivity contribution in [2.75, 3.05) is 11.9 Å². The maximum absolute atomic E-state index is 11.1. The summed E-state index contributed by atoms with van der Waals surface area (Å²) in [4.78, 5) is 11.1. The number of fused-ring (bicyclic) bond motifs is 1. The zero-order chi connectivity index (χ0) is 9.26. The Bertz CT molecular complexity index is 338. The highest BCUT2D eigenvalue weighted by Gasteiger charge is 2.22. The third-order valence-corrected chi connectivity index (χ3v) is 2.07. The molecule has 1 aliphatic heterocycles. The number of urea groups is 1. The summed E-state index contributed by atoms with van der Waals surface area (Å²) < 4.78 is 0. The molecule has 13 heavy (non-hydrogen) atoms. The van der Waals surface area contributed by atoms with Gasteiger partial charge < -0.3 is 15.7 Å². The fourth-order valence-electron chi connectivity index (χ4n) is 1.45. The molecule has 1 aromatic rings. The van der Waals surface area contributed by atoms with Gasteiger partial charge in [-0.1, -0.05) is 18.2 Å². The first-order chi connectivity index (χ1) is 6.31. The lowest BCUT2D eigenvalue weighted by Crippen LogP contribution is -2.39. The fraction of sp³-hybridized carbons (Fsp3) is 0.222. The Morgan fingerprint density at radius 1 is 1.38 bits per heavy atom. The zero-order valence-corrected chi connectivity index (χ0v) is 6.95. The van der Waals surface area contributed by atoms with Gasteiger partial charge in [0.05, 0.1) is 12.6 Å². The van der Waals surface area contributed by atoms with Crippen LogP contribution in [0.15, 0.2) is 24.3 Å². The van der Waals surface area contributed by atoms with Crippen LogP contribution in [0.2, 0.25) is 0 Å². The second kappa shape index (κ2) is 3.06. The predicted molar refractivity (Wildman–Crippen MR) is 48.4 cm³/mol. The minimum atomic E-state index is -0.287. The van der Waals surface area contributed by atoms with E-state index >= 15 is 0 Å². The SMILES string of the molecule is O=C1Nc2ccccc2C(CO)N1. The van der Waals surface area contributed by atoms with E-state index in [1.807, 2.05) is 24.3 Å². The van der Waals surface area contributed by atoms with Crippen LogP contribution in [0.1, 0.15) is 11.6 Å². The third-order valence-electron chi connectivity index (χ3n) is 2.07. The zero-order valence-electron chi connectivity index (χ0n) is 6.95. The van der Waals surface area contributed by atoms with Gasteiger partial charge in [-0.25, -0.2) is 4.79 Å². The second-order valence-electron chi connectivity index (χ2n) is 2.92. The Hall–Kier alpha value is -1.55. The van der Waals surface area contributed by atoms with Crippen LogP contribution < -0.4 is 10.6 Å². The molecule has 4 nitrogen and oxygen atoms in total. The molecule has 0 fully saturated rings. The monoisotopic (exact) mass is 178 g/mol. The van der Waals surface area contributed by atoms with E-state index in [0.717, 1.165) is 11.3 Å². The summed E-state index contributed by atoms with van der Waals surface area (Å²) in [6.07, 6.45) is 0. The summed E-state index contributed by atoms with van der Waals surface area (Å²) >= 11 is 0. The van der Waals surface area contributed by atoms with E-state index in [-0.39, 0.29) is 18.7 Å². The van der Waals surface area contributed by atoms with E-state index in [1.54, 1.807) is 0 Å². The second-order valence-corrected chi connectivity index (χ2v) is 2.92. The molecule has 1 aromatic carbocycles. The number of carbonyl (C=O) groups is 1. The lowest BCUT2D eigenvalue weighted by Gasteiger charge is -2.25. The van der Waals surface area contributed by atoms with Crippen LogP contribution in [0.5, 0.6) is 0 Å². The van der Waals surface area contributed by atoms with Crippen molar-refractivity contribution in [2.45, 2.75) is 6.04 Å². The summed E-state index contributed by atoms with van der Waals surface area (Å²) in [6, 6.07) is 6.86. The van der Waals surface area contributed by atoms with Gasteiger partial charge in [-0.3, -0.25) is 0 Å². The molecule has 1 atom stereocenters. The minimum Gasteiger partial charge on any atom is -0.394 e. The number of rotatable bonds is 1. The van der Waals surface area contributed by atoms with Gasteiger partial charge in [0.1, 0.15) is 0 Å². The fourth-order valence-corrected chi connectivity index (χ4v) is 1.45. The highest BCUT2D eigenvalue weighted by Crippen LogP contribution is 2.25. The number of aliphatic hydroxyl groups excluding tert-OH is 1. The number of carbonyl (C=O) groups excluding carboxylic acids is 1. The van der Waals surface area contributed by atoms with Crippen molar-refractivity contribution in [1.82, 2.24) is 5.32 Å². The molecule has 0 spiro atoms. The number of amides is 2. The summed E-state index contributed by atoms with van der Waals surface area (Å²) in [5.41, 5.74) is 1.69. The number of para-hydroxylation sites is 1. The average Bonchev–Trinajstić information content (AvgIpc) is 2.16. The smallest absolute Gasteiger partial charge is 0.319 e. The lowest BCUT2D eigenvalue weighted by atomic mass is 10.0. The van der Waals surface area contributed by atoms with Crippen LogP contribution in [-0.4, -0.2) is 17.7 Å². The Balaban J connectivity index is 2.42. The van der Waals surface area contributed by atoms with Crippen molar-refractivity contribution in [3.63, 3.8) is 0 Å². The first kappa shape index (κ1) is 8.07. The average molecular weight is 178 g/mol. The molecular weight excluding hydrogens is 168 g/mol. The molecule has 68 valence electrons. The molecule has 4 heteroatoms. The van der Waals surface area contributed by atoms with Crippen LogP contribution >= 0.6 is 0 Å². The molecule has 2 rings (SSSR count). The predicted octanol–water partition coefficient (Wildman–Crippen LogP) is 0.855. The third kappa shape index (κ3) is 1.36. The van der Waals surface area contributed by atoms with Crippen molar-refractivity contribution in [2.24, 2.45) is 0 Å². The summed E-state index contributed by atoms with van der Waals surface area (Å²) in [5.74, 6) is 0. The molecule has 0 saturated carbocycles. The van der Waals surface area contributed by atoms with Gasteiger partial charge in [-0.05, 0) is 6.07 Å². The number of aliphatic hydroxyl groups is 1. The van der Waals surface area contributed by atoms with Crippen LogP contribution in [0.4, 0.5) is 10.5 Å². The molecule has 0 radical (unpaired) electrons. The highest BCUT2D eigenvalue weighted by molar-refractivity contribution is 5.92. The number of anilines is 1. The Morgan fingerprint density at radius 2 is 2.15 bits per heavy atom. The largest absolute Gasteiger partial charge is 0.394 e. The molecule has 1 aliphatic rings. The van der Waals surface area contributed by atoms with Crippen molar-refractivity contribution >= 4 is 11.7 Å². The van der Waals surface area contributed by atoms with Gasteiger partial charge >= 0.3 is 6.03 Å². The highest BCUT2D eigenvalue weighted by atomic mass is 16.3. The maximum atomic E-state index is 11.1. The topological polar surface area (TPSA) is 61.4 Å². The number of nitrogens with one attached hydrogen (secondary N) is 2. The summed E-state index contributed by atoms with van der Waals surface area (Å²) in [5, 5.41) is 14.3. The van der Waals surface area contributed by atoms with Crippen molar-refractivity contribution in [1.29, 1.82) is 0 Å². The van der Waals surface area contributed by atoms with Gasteiger partial charge in [-0.15, -0.1) is 0 Å². The van der Waals surface area contributed by atoms with Gasteiger partial charge in [0.2, 0.25) is 0 Å². The van der Waals surface area contributed by atoms with Crippen LogP contribution in [0.3, 0.4) is 0 Å². The lowest BCUT2D eigenvalue weighted by molar-refractivity contribution is 0.223. The van der Waals surface area contributed by atoms with Crippen molar-refractivity contribution in [3.05, 3.63) is 29.8 Å². The van der Waals surface area contributed by atoms with E-state index < -0.39 is 0 Å². The van der Waals surface area contributed by atoms with E-state index in [9.17, 15) is 4.79 Å². The van der Waals surface area contributed by atoms with E-state index in [4.69, 9.17) is 5.11 Å². The molecule has 3 N–H and O–H groups in total. The molecular formula is C9H10N2O2. The molecule has 0 aromatic heterocycles. The molecule has 0 aliphatic carbocycles. The number of benzene rings is 1. The molecule has 0 saturated heterocycles. The van der Waals surface area contributed by atoms with E-state index in [2.05, 4.69) is 10.6 Å².